The van der Waals surface area contributed by atoms with Gasteiger partial charge in [0.25, 0.3) is 5.69 Å². The first-order valence-electron chi connectivity index (χ1n) is 13.8. The molecule has 2 aromatic carbocycles. The summed E-state index contributed by atoms with van der Waals surface area (Å²) in [5.74, 6) is -1.75. The number of carbonyl (C=O) groups excluding carboxylic acids is 2. The van der Waals surface area contributed by atoms with Gasteiger partial charge in [-0.15, -0.1) is 0 Å². The van der Waals surface area contributed by atoms with E-state index in [2.05, 4.69) is 13.0 Å². The van der Waals surface area contributed by atoms with Crippen molar-refractivity contribution < 1.29 is 29.1 Å². The lowest BCUT2D eigenvalue weighted by Gasteiger charge is -2.31. The van der Waals surface area contributed by atoms with Gasteiger partial charge in [0.2, 0.25) is 11.8 Å². The van der Waals surface area contributed by atoms with E-state index < -0.39 is 16.8 Å². The molecule has 2 amide bonds. The van der Waals surface area contributed by atoms with Crippen LogP contribution in [0.15, 0.2) is 65.3 Å². The minimum absolute atomic E-state index is 0.167. The number of ether oxygens (including phenoxy) is 2. The van der Waals surface area contributed by atoms with Crippen LogP contribution in [-0.2, 0) is 19.1 Å². The molecule has 210 valence electrons. The fourth-order valence-corrected chi connectivity index (χ4v) is 6.49. The van der Waals surface area contributed by atoms with E-state index in [4.69, 9.17) is 9.47 Å². The summed E-state index contributed by atoms with van der Waals surface area (Å²) in [6, 6.07) is 12.8. The number of phenolic OH excluding ortho intramolecular Hbond substituents is 1. The van der Waals surface area contributed by atoms with Crippen LogP contribution in [-0.4, -0.2) is 48.3 Å². The van der Waals surface area contributed by atoms with Gasteiger partial charge in [-0.25, -0.2) is 4.90 Å². The number of allylic oxidation sites excluding steroid dienone is 1. The van der Waals surface area contributed by atoms with Crippen molar-refractivity contribution in [3.63, 3.8) is 0 Å². The van der Waals surface area contributed by atoms with Crippen molar-refractivity contribution in [3.8, 4) is 5.75 Å². The smallest absolute Gasteiger partial charge is 0.271 e. The monoisotopic (exact) mass is 546 g/mol. The first-order valence-corrected chi connectivity index (χ1v) is 13.8. The van der Waals surface area contributed by atoms with Crippen LogP contribution in [0.1, 0.15) is 44.6 Å². The Bertz CT molecular complexity index is 1360. The third-order valence-corrected chi connectivity index (χ3v) is 8.19. The zero-order chi connectivity index (χ0) is 28.4. The van der Waals surface area contributed by atoms with E-state index in [0.717, 1.165) is 47.3 Å². The van der Waals surface area contributed by atoms with Gasteiger partial charge in [0.05, 0.1) is 41.8 Å². The van der Waals surface area contributed by atoms with Crippen LogP contribution in [0.25, 0.3) is 6.08 Å². The first kappa shape index (κ1) is 27.7. The van der Waals surface area contributed by atoms with Crippen LogP contribution in [0.3, 0.4) is 0 Å². The SMILES string of the molecule is CCC/C(=C\c1ccc(O)cc1)CC[C@H]1OC[C@H]2C1=C(COC)C[C@H]1C(=O)N(c3cccc([N+](=O)[O-])c3)C(=O)[C@H]12. The van der Waals surface area contributed by atoms with Crippen LogP contribution in [0.5, 0.6) is 5.75 Å². The maximum Gasteiger partial charge on any atom is 0.271 e. The summed E-state index contributed by atoms with van der Waals surface area (Å²) >= 11 is 0. The number of hydrogen-bond acceptors (Lipinski definition) is 7. The van der Waals surface area contributed by atoms with Gasteiger partial charge in [-0.2, -0.15) is 0 Å². The molecule has 1 N–H and O–H groups in total. The van der Waals surface area contributed by atoms with E-state index in [9.17, 15) is 24.8 Å². The molecule has 3 aliphatic rings. The van der Waals surface area contributed by atoms with Crippen molar-refractivity contribution >= 4 is 29.3 Å². The van der Waals surface area contributed by atoms with Crippen molar-refractivity contribution in [2.75, 3.05) is 25.2 Å². The van der Waals surface area contributed by atoms with Crippen molar-refractivity contribution in [1.82, 2.24) is 0 Å². The van der Waals surface area contributed by atoms with E-state index in [-0.39, 0.29) is 41.0 Å². The lowest BCUT2D eigenvalue weighted by molar-refractivity contribution is -0.384. The summed E-state index contributed by atoms with van der Waals surface area (Å²) in [6.45, 7) is 2.85. The summed E-state index contributed by atoms with van der Waals surface area (Å²) in [7, 11) is 1.62. The quantitative estimate of drug-likeness (QED) is 0.183. The summed E-state index contributed by atoms with van der Waals surface area (Å²) in [4.78, 5) is 39.2. The number of nitrogens with zero attached hydrogens (tertiary/aromatic N) is 2. The fraction of sp³-hybridized carbons (Fsp3) is 0.419. The van der Waals surface area contributed by atoms with E-state index in [1.54, 1.807) is 25.3 Å². The molecule has 2 aliphatic heterocycles. The molecule has 2 fully saturated rings. The predicted molar refractivity (Wildman–Crippen MR) is 150 cm³/mol. The van der Waals surface area contributed by atoms with E-state index in [1.807, 2.05) is 12.1 Å². The minimum Gasteiger partial charge on any atom is -0.508 e. The number of amides is 2. The summed E-state index contributed by atoms with van der Waals surface area (Å²) < 4.78 is 11.8. The van der Waals surface area contributed by atoms with E-state index in [0.29, 0.717) is 19.6 Å². The molecule has 5 rings (SSSR count). The molecule has 0 bridgehead atoms. The molecule has 0 unspecified atom stereocenters. The molecule has 1 aliphatic carbocycles. The molecular weight excluding hydrogens is 512 g/mol. The minimum atomic E-state index is -0.560. The number of hydrogen-bond donors (Lipinski definition) is 1. The molecule has 2 heterocycles. The first-order chi connectivity index (χ1) is 19.3. The molecule has 4 atom stereocenters. The highest BCUT2D eigenvalue weighted by Gasteiger charge is 2.57. The number of aromatic hydroxyl groups is 1. The lowest BCUT2D eigenvalue weighted by Crippen LogP contribution is -2.35. The Morgan fingerprint density at radius 2 is 1.93 bits per heavy atom. The van der Waals surface area contributed by atoms with Crippen LogP contribution in [0.4, 0.5) is 11.4 Å². The van der Waals surface area contributed by atoms with Crippen LogP contribution < -0.4 is 4.90 Å². The molecule has 9 nitrogen and oxygen atoms in total. The van der Waals surface area contributed by atoms with Gasteiger partial charge in [-0.1, -0.05) is 43.2 Å². The van der Waals surface area contributed by atoms with Gasteiger partial charge in [0, 0.05) is 25.2 Å². The maximum absolute atomic E-state index is 13.7. The second-order valence-corrected chi connectivity index (χ2v) is 10.7. The predicted octanol–water partition coefficient (Wildman–Crippen LogP) is 5.43. The average molecular weight is 547 g/mol. The molecule has 2 aromatic rings. The summed E-state index contributed by atoms with van der Waals surface area (Å²) in [5, 5.41) is 20.9. The Hall–Kier alpha value is -3.82. The van der Waals surface area contributed by atoms with Crippen molar-refractivity contribution in [2.24, 2.45) is 17.8 Å². The van der Waals surface area contributed by atoms with Crippen LogP contribution >= 0.6 is 0 Å². The second kappa shape index (κ2) is 11.7. The van der Waals surface area contributed by atoms with E-state index >= 15 is 0 Å². The van der Waals surface area contributed by atoms with Crippen molar-refractivity contribution in [3.05, 3.63) is 80.9 Å². The van der Waals surface area contributed by atoms with Crippen molar-refractivity contribution in [2.45, 2.75) is 45.1 Å². The number of carbonyl (C=O) groups is 2. The fourth-order valence-electron chi connectivity index (χ4n) is 6.49. The molecule has 2 saturated heterocycles. The van der Waals surface area contributed by atoms with Gasteiger partial charge in [-0.05, 0) is 60.6 Å². The van der Waals surface area contributed by atoms with Gasteiger partial charge in [0.15, 0.2) is 0 Å². The largest absolute Gasteiger partial charge is 0.508 e. The number of rotatable bonds is 10. The standard InChI is InChI=1S/C31H34N2O7/c1-3-5-19(14-20-8-11-24(34)12-9-20)10-13-27-28-21(17-39-2)15-25-29(26(28)18-40-27)31(36)32(30(25)35)22-6-4-7-23(16-22)33(37)38/h4,6-9,11-12,14,16,25-27,29,34H,3,5,10,13,15,17-18H2,1-2H3/b19-14+/t25-,26+,27-,29-/m1/s1. The Labute approximate surface area is 233 Å². The van der Waals surface area contributed by atoms with Gasteiger partial charge >= 0.3 is 0 Å². The van der Waals surface area contributed by atoms with Gasteiger partial charge in [0.1, 0.15) is 5.75 Å². The third-order valence-electron chi connectivity index (χ3n) is 8.19. The zero-order valence-corrected chi connectivity index (χ0v) is 22.7. The molecule has 0 aromatic heterocycles. The maximum atomic E-state index is 13.7. The highest BCUT2D eigenvalue weighted by molar-refractivity contribution is 6.22. The highest BCUT2D eigenvalue weighted by Crippen LogP contribution is 2.50. The number of anilines is 1. The van der Waals surface area contributed by atoms with Crippen LogP contribution in [0.2, 0.25) is 0 Å². The molecule has 0 spiro atoms. The number of benzene rings is 2. The average Bonchev–Trinajstić information content (AvgIpc) is 3.47. The number of nitro groups is 1. The van der Waals surface area contributed by atoms with Gasteiger partial charge < -0.3 is 14.6 Å². The van der Waals surface area contributed by atoms with Gasteiger partial charge in [-0.3, -0.25) is 19.7 Å². The third kappa shape index (κ3) is 5.31. The highest BCUT2D eigenvalue weighted by atomic mass is 16.6. The molecule has 0 radical (unpaired) electrons. The molecular formula is C31H34N2O7. The summed E-state index contributed by atoms with van der Waals surface area (Å²) in [5.41, 5.74) is 4.46. The zero-order valence-electron chi connectivity index (χ0n) is 22.7. The topological polar surface area (TPSA) is 119 Å². The number of phenols is 1. The number of imide groups is 1. The van der Waals surface area contributed by atoms with Crippen molar-refractivity contribution in [1.29, 1.82) is 0 Å². The van der Waals surface area contributed by atoms with E-state index in [1.165, 1.54) is 23.8 Å². The van der Waals surface area contributed by atoms with Crippen LogP contribution in [0, 0.1) is 27.9 Å². The summed E-state index contributed by atoms with van der Waals surface area (Å²) in [6.07, 6.45) is 5.90. The number of nitro benzene ring substituents is 1. The number of methoxy groups -OCH3 is 1. The Kier molecular flexibility index (Phi) is 8.14. The number of non-ortho nitro benzene ring substituents is 1. The Morgan fingerprint density at radius 1 is 1.15 bits per heavy atom. The second-order valence-electron chi connectivity index (χ2n) is 10.7. The number of fused-ring (bicyclic) bond motifs is 3. The molecule has 0 saturated carbocycles. The molecule has 40 heavy (non-hydrogen) atoms. The molecule has 9 heteroatoms. The Balaban J connectivity index is 1.39. The Morgan fingerprint density at radius 3 is 2.62 bits per heavy atom. The lowest BCUT2D eigenvalue weighted by atomic mass is 9.69. The normalized spacial score (nSPS) is 24.4.